The molecular weight excluding hydrogens is 394 g/mol. The minimum Gasteiger partial charge on any atom is -0.497 e. The molecule has 0 radical (unpaired) electrons. The molecule has 1 aliphatic rings. The molecule has 146 valence electrons. The molecular formula is C20H21N3O3S2. The average Bonchev–Trinajstić information content (AvgIpc) is 3.25. The minimum atomic E-state index is -2.95. The summed E-state index contributed by atoms with van der Waals surface area (Å²) in [6.07, 6.45) is 0.637. The Bertz CT molecular complexity index is 1090. The predicted molar refractivity (Wildman–Crippen MR) is 111 cm³/mol. The third-order valence-electron chi connectivity index (χ3n) is 4.72. The molecule has 28 heavy (non-hydrogen) atoms. The highest BCUT2D eigenvalue weighted by atomic mass is 32.2. The van der Waals surface area contributed by atoms with Gasteiger partial charge in [0.05, 0.1) is 24.3 Å². The summed E-state index contributed by atoms with van der Waals surface area (Å²) in [5.41, 5.74) is 3.00. The Morgan fingerprint density at radius 2 is 1.93 bits per heavy atom. The molecule has 1 aromatic heterocycles. The van der Waals surface area contributed by atoms with Crippen LogP contribution in [0, 0.1) is 6.92 Å². The van der Waals surface area contributed by atoms with Crippen molar-refractivity contribution in [2.45, 2.75) is 23.8 Å². The first-order chi connectivity index (χ1) is 13.4. The van der Waals surface area contributed by atoms with Gasteiger partial charge >= 0.3 is 0 Å². The van der Waals surface area contributed by atoms with E-state index in [0.717, 1.165) is 22.8 Å². The van der Waals surface area contributed by atoms with Crippen molar-refractivity contribution < 1.29 is 13.2 Å². The summed E-state index contributed by atoms with van der Waals surface area (Å²) in [6, 6.07) is 15.8. The molecule has 1 saturated heterocycles. The van der Waals surface area contributed by atoms with Gasteiger partial charge in [0.25, 0.3) is 0 Å². The number of benzene rings is 2. The topological polar surface area (TPSA) is 74.1 Å². The van der Waals surface area contributed by atoms with Gasteiger partial charge in [-0.15, -0.1) is 10.2 Å². The molecule has 2 heterocycles. The maximum absolute atomic E-state index is 11.9. The van der Waals surface area contributed by atoms with Gasteiger partial charge in [0.15, 0.2) is 20.8 Å². The van der Waals surface area contributed by atoms with Crippen LogP contribution in [0.15, 0.2) is 53.7 Å². The first kappa shape index (κ1) is 19.0. The van der Waals surface area contributed by atoms with Gasteiger partial charge in [0.1, 0.15) is 5.75 Å². The molecule has 1 atom stereocenters. The second kappa shape index (κ2) is 7.60. The van der Waals surface area contributed by atoms with Gasteiger partial charge in [-0.05, 0) is 25.5 Å². The zero-order valence-electron chi connectivity index (χ0n) is 15.7. The van der Waals surface area contributed by atoms with E-state index in [2.05, 4.69) is 10.2 Å². The molecule has 0 aliphatic carbocycles. The first-order valence-corrected chi connectivity index (χ1v) is 11.7. The van der Waals surface area contributed by atoms with E-state index in [0.29, 0.717) is 11.6 Å². The van der Waals surface area contributed by atoms with Gasteiger partial charge < -0.3 is 4.74 Å². The number of thioether (sulfide) groups is 1. The van der Waals surface area contributed by atoms with Crippen LogP contribution in [0.5, 0.6) is 5.75 Å². The molecule has 4 rings (SSSR count). The van der Waals surface area contributed by atoms with Crippen LogP contribution in [0.25, 0.3) is 17.1 Å². The summed E-state index contributed by atoms with van der Waals surface area (Å²) in [5.74, 6) is 1.88. The van der Waals surface area contributed by atoms with E-state index in [9.17, 15) is 8.42 Å². The Kier molecular flexibility index (Phi) is 5.16. The van der Waals surface area contributed by atoms with E-state index in [4.69, 9.17) is 4.74 Å². The number of nitrogens with zero attached hydrogens (tertiary/aromatic N) is 3. The molecule has 1 aliphatic heterocycles. The summed E-state index contributed by atoms with van der Waals surface area (Å²) < 4.78 is 31.1. The zero-order valence-corrected chi connectivity index (χ0v) is 17.3. The lowest BCUT2D eigenvalue weighted by atomic mass is 10.1. The smallest absolute Gasteiger partial charge is 0.196 e. The van der Waals surface area contributed by atoms with Crippen LogP contribution >= 0.6 is 11.8 Å². The highest BCUT2D eigenvalue weighted by molar-refractivity contribution is 8.01. The lowest BCUT2D eigenvalue weighted by molar-refractivity contribution is 0.414. The van der Waals surface area contributed by atoms with Crippen molar-refractivity contribution in [2.24, 2.45) is 0 Å². The fourth-order valence-corrected chi connectivity index (χ4v) is 6.73. The lowest BCUT2D eigenvalue weighted by Gasteiger charge is -2.13. The molecule has 1 unspecified atom stereocenters. The van der Waals surface area contributed by atoms with Crippen molar-refractivity contribution in [3.8, 4) is 22.8 Å². The van der Waals surface area contributed by atoms with Crippen molar-refractivity contribution in [2.75, 3.05) is 18.6 Å². The van der Waals surface area contributed by atoms with Crippen LogP contribution in [0.2, 0.25) is 0 Å². The average molecular weight is 416 g/mol. The third kappa shape index (κ3) is 3.93. The maximum atomic E-state index is 11.9. The number of hydrogen-bond acceptors (Lipinski definition) is 6. The summed E-state index contributed by atoms with van der Waals surface area (Å²) in [5, 5.41) is 9.50. The fourth-order valence-electron chi connectivity index (χ4n) is 3.22. The fraction of sp³-hybridized carbons (Fsp3) is 0.300. The molecule has 0 bridgehead atoms. The number of ether oxygens (including phenoxy) is 1. The van der Waals surface area contributed by atoms with E-state index < -0.39 is 9.84 Å². The van der Waals surface area contributed by atoms with Crippen LogP contribution in [-0.2, 0) is 9.84 Å². The van der Waals surface area contributed by atoms with Crippen LogP contribution in [0.4, 0.5) is 0 Å². The van der Waals surface area contributed by atoms with E-state index in [1.54, 1.807) is 7.11 Å². The normalized spacial score (nSPS) is 18.3. The van der Waals surface area contributed by atoms with Gasteiger partial charge in [-0.2, -0.15) is 0 Å². The Balaban J connectivity index is 1.79. The van der Waals surface area contributed by atoms with Crippen molar-refractivity contribution in [3.05, 3.63) is 54.1 Å². The van der Waals surface area contributed by atoms with Crippen LogP contribution in [0.1, 0.15) is 12.0 Å². The number of rotatable bonds is 5. The van der Waals surface area contributed by atoms with Gasteiger partial charge in [-0.25, -0.2) is 8.42 Å². The monoisotopic (exact) mass is 415 g/mol. The highest BCUT2D eigenvalue weighted by Gasteiger charge is 2.30. The molecule has 0 saturated carbocycles. The van der Waals surface area contributed by atoms with Gasteiger partial charge in [-0.3, -0.25) is 4.57 Å². The van der Waals surface area contributed by atoms with Crippen LogP contribution in [0.3, 0.4) is 0 Å². The van der Waals surface area contributed by atoms with Gasteiger partial charge in [0.2, 0.25) is 0 Å². The minimum absolute atomic E-state index is 0.00979. The molecule has 8 heteroatoms. The number of hydrogen-bond donors (Lipinski definition) is 0. The zero-order chi connectivity index (χ0) is 19.7. The Morgan fingerprint density at radius 3 is 2.61 bits per heavy atom. The van der Waals surface area contributed by atoms with E-state index in [1.165, 1.54) is 17.3 Å². The summed E-state index contributed by atoms with van der Waals surface area (Å²) >= 11 is 1.48. The number of aryl methyl sites for hydroxylation is 1. The summed E-state index contributed by atoms with van der Waals surface area (Å²) in [7, 11) is -1.32. The lowest BCUT2D eigenvalue weighted by Crippen LogP contribution is -2.08. The molecule has 6 nitrogen and oxygen atoms in total. The highest BCUT2D eigenvalue weighted by Crippen LogP contribution is 2.34. The van der Waals surface area contributed by atoms with Gasteiger partial charge in [-0.1, -0.05) is 47.7 Å². The molecule has 1 fully saturated rings. The Labute approximate surface area is 168 Å². The molecule has 0 spiro atoms. The second-order valence-electron chi connectivity index (χ2n) is 6.85. The van der Waals surface area contributed by atoms with Crippen LogP contribution < -0.4 is 4.74 Å². The van der Waals surface area contributed by atoms with Gasteiger partial charge in [0, 0.05) is 16.9 Å². The number of methoxy groups -OCH3 is 1. The SMILES string of the molecule is COc1cccc(-n2c(SC3CCS(=O)(=O)C3)nnc2-c2ccc(C)cc2)c1. The Hall–Kier alpha value is -2.32. The molecule has 3 aromatic rings. The van der Waals surface area contributed by atoms with Crippen LogP contribution in [-0.4, -0.2) is 47.0 Å². The number of aromatic nitrogens is 3. The van der Waals surface area contributed by atoms with E-state index in [-0.39, 0.29) is 16.8 Å². The largest absolute Gasteiger partial charge is 0.497 e. The molecule has 2 aromatic carbocycles. The standard InChI is InChI=1S/C20H21N3O3S2/c1-14-6-8-15(9-7-14)19-21-22-20(27-18-10-11-28(24,25)13-18)23(19)16-4-3-5-17(12-16)26-2/h3-9,12,18H,10-11,13H2,1-2H3. The third-order valence-corrected chi connectivity index (χ3v) is 7.91. The quantitative estimate of drug-likeness (QED) is 0.635. The summed E-state index contributed by atoms with van der Waals surface area (Å²) in [6.45, 7) is 2.04. The Morgan fingerprint density at radius 1 is 1.14 bits per heavy atom. The van der Waals surface area contributed by atoms with Crippen molar-refractivity contribution >= 4 is 21.6 Å². The maximum Gasteiger partial charge on any atom is 0.196 e. The number of sulfone groups is 1. The first-order valence-electron chi connectivity index (χ1n) is 8.99. The second-order valence-corrected chi connectivity index (χ2v) is 10.3. The molecule has 0 N–H and O–H groups in total. The molecule has 0 amide bonds. The summed E-state index contributed by atoms with van der Waals surface area (Å²) in [4.78, 5) is 0. The van der Waals surface area contributed by atoms with Crippen molar-refractivity contribution in [1.29, 1.82) is 0 Å². The van der Waals surface area contributed by atoms with Crippen molar-refractivity contribution in [3.63, 3.8) is 0 Å². The predicted octanol–water partition coefficient (Wildman–Crippen LogP) is 3.53. The van der Waals surface area contributed by atoms with E-state index in [1.807, 2.05) is 60.0 Å². The van der Waals surface area contributed by atoms with Crippen molar-refractivity contribution in [1.82, 2.24) is 14.8 Å². The van der Waals surface area contributed by atoms with E-state index >= 15 is 0 Å².